The second kappa shape index (κ2) is 8.67. The first-order chi connectivity index (χ1) is 16.1. The molecule has 0 saturated carbocycles. The zero-order chi connectivity index (χ0) is 22.9. The Kier molecular flexibility index (Phi) is 5.56. The first-order valence-corrected chi connectivity index (χ1v) is 11.7. The average molecular weight is 455 g/mol. The number of hydrogen-bond donors (Lipinski definition) is 1. The number of thioether (sulfide) groups is 1. The third-order valence-corrected chi connectivity index (χ3v) is 6.62. The van der Waals surface area contributed by atoms with Gasteiger partial charge in [0.1, 0.15) is 5.82 Å². The molecule has 0 aliphatic rings. The summed E-state index contributed by atoms with van der Waals surface area (Å²) in [5.74, 6) is 0.615. The summed E-state index contributed by atoms with van der Waals surface area (Å²) in [4.78, 5) is 38.9. The van der Waals surface area contributed by atoms with Crippen molar-refractivity contribution in [1.82, 2.24) is 19.5 Å². The van der Waals surface area contributed by atoms with Crippen LogP contribution in [0.5, 0.6) is 0 Å². The van der Waals surface area contributed by atoms with E-state index in [1.165, 1.54) is 21.9 Å². The smallest absolute Gasteiger partial charge is 0.267 e. The maximum Gasteiger partial charge on any atom is 0.267 e. The SMILES string of the molecule is CCc1cccc2c(C(=O)CSc3nc4ccccc4c(=O)n3-c3ccc(C)cn3)c[nH]c12. The van der Waals surface area contributed by atoms with Crippen molar-refractivity contribution in [3.05, 3.63) is 94.0 Å². The lowest BCUT2D eigenvalue weighted by atomic mass is 10.1. The van der Waals surface area contributed by atoms with Crippen LogP contribution < -0.4 is 5.56 Å². The van der Waals surface area contributed by atoms with Crippen LogP contribution in [-0.4, -0.2) is 31.1 Å². The van der Waals surface area contributed by atoms with E-state index in [1.54, 1.807) is 24.5 Å². The number of para-hydroxylation sites is 2. The van der Waals surface area contributed by atoms with Gasteiger partial charge in [0, 0.05) is 28.9 Å². The predicted molar refractivity (Wildman–Crippen MR) is 133 cm³/mol. The lowest BCUT2D eigenvalue weighted by Crippen LogP contribution is -2.23. The third-order valence-electron chi connectivity index (χ3n) is 5.69. The summed E-state index contributed by atoms with van der Waals surface area (Å²) in [6, 6.07) is 16.9. The summed E-state index contributed by atoms with van der Waals surface area (Å²) in [7, 11) is 0. The molecule has 3 aromatic heterocycles. The van der Waals surface area contributed by atoms with Crippen LogP contribution >= 0.6 is 11.8 Å². The van der Waals surface area contributed by atoms with E-state index in [0.29, 0.717) is 27.4 Å². The molecule has 6 nitrogen and oxygen atoms in total. The zero-order valence-corrected chi connectivity index (χ0v) is 19.1. The molecule has 0 unspecified atom stereocenters. The van der Waals surface area contributed by atoms with Crippen LogP contribution in [0, 0.1) is 6.92 Å². The van der Waals surface area contributed by atoms with E-state index < -0.39 is 0 Å². The van der Waals surface area contributed by atoms with Crippen LogP contribution in [0.25, 0.3) is 27.6 Å². The van der Waals surface area contributed by atoms with Crippen molar-refractivity contribution in [2.45, 2.75) is 25.4 Å². The summed E-state index contributed by atoms with van der Waals surface area (Å²) in [6.07, 6.45) is 4.38. The number of rotatable bonds is 6. The molecular formula is C26H22N4O2S. The van der Waals surface area contributed by atoms with E-state index in [1.807, 2.05) is 43.3 Å². The molecule has 0 saturated heterocycles. The number of H-pyrrole nitrogens is 1. The van der Waals surface area contributed by atoms with Crippen LogP contribution in [0.2, 0.25) is 0 Å². The van der Waals surface area contributed by atoms with E-state index in [0.717, 1.165) is 22.9 Å². The van der Waals surface area contributed by atoms with Crippen molar-refractivity contribution in [3.8, 4) is 5.82 Å². The van der Waals surface area contributed by atoms with E-state index >= 15 is 0 Å². The highest BCUT2D eigenvalue weighted by Gasteiger charge is 2.18. The van der Waals surface area contributed by atoms with Gasteiger partial charge >= 0.3 is 0 Å². The van der Waals surface area contributed by atoms with Gasteiger partial charge in [0.2, 0.25) is 0 Å². The molecule has 0 amide bonds. The van der Waals surface area contributed by atoms with Crippen LogP contribution in [0.15, 0.2) is 76.9 Å². The van der Waals surface area contributed by atoms with E-state index in [-0.39, 0.29) is 17.1 Å². The molecule has 1 N–H and O–H groups in total. The molecule has 0 fully saturated rings. The van der Waals surface area contributed by atoms with Crippen molar-refractivity contribution in [1.29, 1.82) is 0 Å². The highest BCUT2D eigenvalue weighted by atomic mass is 32.2. The Hall–Kier alpha value is -3.71. The first-order valence-electron chi connectivity index (χ1n) is 10.8. The molecule has 0 aliphatic heterocycles. The van der Waals surface area contributed by atoms with E-state index in [2.05, 4.69) is 23.0 Å². The standard InChI is InChI=1S/C26H22N4O2S/c1-3-17-7-6-9-18-20(14-28-24(17)18)22(31)15-33-26-29-21-10-5-4-8-19(21)25(32)30(26)23-12-11-16(2)13-27-23/h4-14,28H,3,15H2,1-2H3. The first kappa shape index (κ1) is 21.2. The minimum absolute atomic E-state index is 0.0228. The number of ketones is 1. The van der Waals surface area contributed by atoms with Gasteiger partial charge in [-0.05, 0) is 42.7 Å². The Bertz CT molecular complexity index is 1550. The van der Waals surface area contributed by atoms with Crippen LogP contribution in [0.3, 0.4) is 0 Å². The number of aryl methyl sites for hydroxylation is 2. The molecule has 2 aromatic carbocycles. The Morgan fingerprint density at radius 3 is 2.67 bits per heavy atom. The van der Waals surface area contributed by atoms with Crippen molar-refractivity contribution in [2.24, 2.45) is 0 Å². The molecule has 0 spiro atoms. The predicted octanol–water partition coefficient (Wildman–Crippen LogP) is 5.11. The highest BCUT2D eigenvalue weighted by Crippen LogP contribution is 2.26. The van der Waals surface area contributed by atoms with Gasteiger partial charge in [0.25, 0.3) is 5.56 Å². The number of aromatic nitrogens is 4. The maximum absolute atomic E-state index is 13.3. The van der Waals surface area contributed by atoms with E-state index in [9.17, 15) is 9.59 Å². The second-order valence-electron chi connectivity index (χ2n) is 7.85. The molecule has 0 radical (unpaired) electrons. The number of Topliss-reactive ketones (excluding diaryl/α,β-unsaturated/α-hetero) is 1. The van der Waals surface area contributed by atoms with E-state index in [4.69, 9.17) is 4.98 Å². The van der Waals surface area contributed by atoms with Crippen LogP contribution in [-0.2, 0) is 6.42 Å². The Morgan fingerprint density at radius 1 is 1.06 bits per heavy atom. The zero-order valence-electron chi connectivity index (χ0n) is 18.3. The molecule has 7 heteroatoms. The van der Waals surface area contributed by atoms with Crippen molar-refractivity contribution >= 4 is 39.4 Å². The Labute approximate surface area is 194 Å². The van der Waals surface area contributed by atoms with Gasteiger partial charge in [-0.3, -0.25) is 9.59 Å². The number of carbonyl (C=O) groups excluding carboxylic acids is 1. The topological polar surface area (TPSA) is 80.6 Å². The highest BCUT2D eigenvalue weighted by molar-refractivity contribution is 7.99. The van der Waals surface area contributed by atoms with Gasteiger partial charge in [0.05, 0.1) is 16.7 Å². The second-order valence-corrected chi connectivity index (χ2v) is 8.80. The molecule has 5 rings (SSSR count). The quantitative estimate of drug-likeness (QED) is 0.219. The van der Waals surface area contributed by atoms with Gasteiger partial charge in [-0.1, -0.05) is 55.1 Å². The minimum atomic E-state index is -0.202. The van der Waals surface area contributed by atoms with Gasteiger partial charge < -0.3 is 4.98 Å². The Morgan fingerprint density at radius 2 is 1.88 bits per heavy atom. The van der Waals surface area contributed by atoms with Crippen LogP contribution in [0.1, 0.15) is 28.4 Å². The van der Waals surface area contributed by atoms with Gasteiger partial charge in [0.15, 0.2) is 10.9 Å². The number of hydrogen-bond acceptors (Lipinski definition) is 5. The summed E-state index contributed by atoms with van der Waals surface area (Å²) < 4.78 is 1.49. The minimum Gasteiger partial charge on any atom is -0.360 e. The lowest BCUT2D eigenvalue weighted by molar-refractivity contribution is 0.102. The van der Waals surface area contributed by atoms with Gasteiger partial charge in [-0.15, -0.1) is 0 Å². The number of nitrogens with zero attached hydrogens (tertiary/aromatic N) is 3. The molecule has 5 aromatic rings. The van der Waals surface area contributed by atoms with Crippen LogP contribution in [0.4, 0.5) is 0 Å². The van der Waals surface area contributed by atoms with Crippen molar-refractivity contribution in [3.63, 3.8) is 0 Å². The van der Waals surface area contributed by atoms with Gasteiger partial charge in [-0.25, -0.2) is 14.5 Å². The fourth-order valence-corrected chi connectivity index (χ4v) is 4.84. The number of aromatic amines is 1. The normalized spacial score (nSPS) is 11.3. The largest absolute Gasteiger partial charge is 0.360 e. The van der Waals surface area contributed by atoms with Gasteiger partial charge in [-0.2, -0.15) is 0 Å². The number of benzene rings is 2. The monoisotopic (exact) mass is 454 g/mol. The molecule has 0 aliphatic carbocycles. The number of pyridine rings is 1. The summed E-state index contributed by atoms with van der Waals surface area (Å²) in [6.45, 7) is 4.04. The molecular weight excluding hydrogens is 432 g/mol. The third kappa shape index (κ3) is 3.85. The Balaban J connectivity index is 1.54. The molecule has 0 atom stereocenters. The lowest BCUT2D eigenvalue weighted by Gasteiger charge is -2.12. The van der Waals surface area contributed by atoms with Crippen molar-refractivity contribution in [2.75, 3.05) is 5.75 Å². The number of nitrogens with one attached hydrogen (secondary N) is 1. The fraction of sp³-hybridized carbons (Fsp3) is 0.154. The molecule has 33 heavy (non-hydrogen) atoms. The van der Waals surface area contributed by atoms with Crippen molar-refractivity contribution < 1.29 is 4.79 Å². The number of carbonyl (C=O) groups is 1. The molecule has 0 bridgehead atoms. The average Bonchev–Trinajstić information content (AvgIpc) is 3.28. The number of fused-ring (bicyclic) bond motifs is 2. The fourth-order valence-electron chi connectivity index (χ4n) is 3.95. The molecule has 164 valence electrons. The molecule has 3 heterocycles. The summed E-state index contributed by atoms with van der Waals surface area (Å²) in [5.41, 5.74) is 4.21. The maximum atomic E-state index is 13.3. The summed E-state index contributed by atoms with van der Waals surface area (Å²) in [5, 5.41) is 1.88. The summed E-state index contributed by atoms with van der Waals surface area (Å²) >= 11 is 1.25.